The van der Waals surface area contributed by atoms with Crippen LogP contribution in [0.2, 0.25) is 0 Å². The van der Waals surface area contributed by atoms with Gasteiger partial charge in [-0.05, 0) is 18.4 Å². The van der Waals surface area contributed by atoms with E-state index in [-0.39, 0.29) is 5.91 Å². The van der Waals surface area contributed by atoms with Crippen molar-refractivity contribution in [2.24, 2.45) is 5.92 Å². The molecule has 0 bridgehead atoms. The number of amides is 1. The van der Waals surface area contributed by atoms with Crippen molar-refractivity contribution in [1.82, 2.24) is 4.98 Å². The van der Waals surface area contributed by atoms with Crippen molar-refractivity contribution < 1.29 is 9.18 Å². The fraction of sp³-hybridized carbons (Fsp3) is 0.500. The van der Waals surface area contributed by atoms with Gasteiger partial charge in [0, 0.05) is 11.5 Å². The Morgan fingerprint density at radius 1 is 1.71 bits per heavy atom. The topological polar surface area (TPSA) is 42.0 Å². The van der Waals surface area contributed by atoms with Crippen molar-refractivity contribution in [3.05, 3.63) is 23.2 Å². The van der Waals surface area contributed by atoms with Gasteiger partial charge < -0.3 is 0 Å². The van der Waals surface area contributed by atoms with E-state index in [1.165, 1.54) is 23.5 Å². The van der Waals surface area contributed by atoms with Gasteiger partial charge in [0.2, 0.25) is 5.91 Å². The first-order valence-electron chi connectivity index (χ1n) is 5.63. The molecule has 1 heterocycles. The number of anilines is 1. The molecule has 0 radical (unpaired) electrons. The number of carbonyl (C=O) groups is 1. The van der Waals surface area contributed by atoms with Gasteiger partial charge in [-0.3, -0.25) is 10.1 Å². The highest BCUT2D eigenvalue weighted by Crippen LogP contribution is 2.18. The first-order valence-corrected chi connectivity index (χ1v) is 6.51. The summed E-state index contributed by atoms with van der Waals surface area (Å²) < 4.78 is 11.8. The SMILES string of the molecule is CCC(C)Cc1csc(NC(=O)/C=C/CF)n1. The number of rotatable bonds is 6. The summed E-state index contributed by atoms with van der Waals surface area (Å²) in [4.78, 5) is 15.6. The lowest BCUT2D eigenvalue weighted by atomic mass is 10.0. The second-order valence-corrected chi connectivity index (χ2v) is 4.77. The zero-order valence-electron chi connectivity index (χ0n) is 10.1. The minimum Gasteiger partial charge on any atom is -0.298 e. The zero-order chi connectivity index (χ0) is 12.7. The molecule has 1 N–H and O–H groups in total. The number of thiazole rings is 1. The van der Waals surface area contributed by atoms with E-state index < -0.39 is 6.67 Å². The number of allylic oxidation sites excluding steroid dienone is 1. The summed E-state index contributed by atoms with van der Waals surface area (Å²) in [7, 11) is 0. The van der Waals surface area contributed by atoms with Crippen LogP contribution < -0.4 is 5.32 Å². The fourth-order valence-electron chi connectivity index (χ4n) is 1.26. The average molecular weight is 256 g/mol. The number of carbonyl (C=O) groups excluding carboxylic acids is 1. The lowest BCUT2D eigenvalue weighted by molar-refractivity contribution is -0.111. The van der Waals surface area contributed by atoms with Crippen LogP contribution in [0.3, 0.4) is 0 Å². The smallest absolute Gasteiger partial charge is 0.249 e. The molecule has 0 saturated heterocycles. The van der Waals surface area contributed by atoms with E-state index in [1.54, 1.807) is 0 Å². The third-order valence-corrected chi connectivity index (χ3v) is 3.20. The molecule has 1 unspecified atom stereocenters. The van der Waals surface area contributed by atoms with Crippen LogP contribution in [0.1, 0.15) is 26.0 Å². The number of hydrogen-bond donors (Lipinski definition) is 1. The molecule has 0 saturated carbocycles. The highest BCUT2D eigenvalue weighted by atomic mass is 32.1. The molecule has 0 aromatic carbocycles. The second kappa shape index (κ2) is 7.17. The van der Waals surface area contributed by atoms with Crippen LogP contribution in [-0.2, 0) is 11.2 Å². The molecule has 94 valence electrons. The lowest BCUT2D eigenvalue weighted by Crippen LogP contribution is -2.08. The van der Waals surface area contributed by atoms with Crippen LogP contribution >= 0.6 is 11.3 Å². The maximum absolute atomic E-state index is 11.8. The van der Waals surface area contributed by atoms with Crippen LogP contribution in [-0.4, -0.2) is 17.6 Å². The molecule has 1 aromatic rings. The van der Waals surface area contributed by atoms with Crippen LogP contribution in [0.4, 0.5) is 9.52 Å². The Hall–Kier alpha value is -1.23. The number of alkyl halides is 1. The van der Waals surface area contributed by atoms with Crippen LogP contribution in [0.25, 0.3) is 0 Å². The predicted molar refractivity (Wildman–Crippen MR) is 69.0 cm³/mol. The molecule has 0 aliphatic rings. The van der Waals surface area contributed by atoms with Crippen molar-refractivity contribution in [2.45, 2.75) is 26.7 Å². The molecule has 3 nitrogen and oxygen atoms in total. The van der Waals surface area contributed by atoms with Crippen molar-refractivity contribution in [1.29, 1.82) is 0 Å². The van der Waals surface area contributed by atoms with E-state index in [1.807, 2.05) is 5.38 Å². The fourth-order valence-corrected chi connectivity index (χ4v) is 1.98. The minimum absolute atomic E-state index is 0.341. The van der Waals surface area contributed by atoms with Gasteiger partial charge in [0.1, 0.15) is 6.67 Å². The highest BCUT2D eigenvalue weighted by molar-refractivity contribution is 7.13. The largest absolute Gasteiger partial charge is 0.298 e. The van der Waals surface area contributed by atoms with E-state index in [2.05, 4.69) is 24.1 Å². The Morgan fingerprint density at radius 2 is 2.47 bits per heavy atom. The van der Waals surface area contributed by atoms with Gasteiger partial charge in [0.25, 0.3) is 0 Å². The Kier molecular flexibility index (Phi) is 5.83. The normalized spacial score (nSPS) is 12.9. The Balaban J connectivity index is 2.50. The summed E-state index contributed by atoms with van der Waals surface area (Å²) in [6.07, 6.45) is 4.38. The zero-order valence-corrected chi connectivity index (χ0v) is 10.9. The minimum atomic E-state index is -0.634. The molecule has 1 amide bonds. The lowest BCUT2D eigenvalue weighted by Gasteiger charge is -2.04. The summed E-state index contributed by atoms with van der Waals surface area (Å²) in [5, 5.41) is 5.11. The van der Waals surface area contributed by atoms with E-state index >= 15 is 0 Å². The van der Waals surface area contributed by atoms with Gasteiger partial charge in [-0.2, -0.15) is 0 Å². The molecule has 1 atom stereocenters. The van der Waals surface area contributed by atoms with E-state index in [0.29, 0.717) is 11.0 Å². The molecule has 5 heteroatoms. The summed E-state index contributed by atoms with van der Waals surface area (Å²) in [5.41, 5.74) is 0.995. The first-order chi connectivity index (χ1) is 8.15. The van der Waals surface area contributed by atoms with Gasteiger partial charge in [-0.15, -0.1) is 11.3 Å². The monoisotopic (exact) mass is 256 g/mol. The summed E-state index contributed by atoms with van der Waals surface area (Å²) in [5.74, 6) is 0.249. The second-order valence-electron chi connectivity index (χ2n) is 3.91. The van der Waals surface area contributed by atoms with Crippen LogP contribution in [0.15, 0.2) is 17.5 Å². The van der Waals surface area contributed by atoms with Crippen molar-refractivity contribution >= 4 is 22.4 Å². The maximum Gasteiger partial charge on any atom is 0.249 e. The number of halogens is 1. The number of nitrogens with one attached hydrogen (secondary N) is 1. The molecule has 0 fully saturated rings. The standard InChI is InChI=1S/C12H17FN2OS/c1-3-9(2)7-10-8-17-12(14-10)15-11(16)5-4-6-13/h4-5,8-9H,3,6-7H2,1-2H3,(H,14,15,16)/b5-4+. The van der Waals surface area contributed by atoms with E-state index in [4.69, 9.17) is 0 Å². The first kappa shape index (κ1) is 13.8. The molecule has 0 aliphatic heterocycles. The summed E-state index contributed by atoms with van der Waals surface area (Å²) >= 11 is 1.39. The van der Waals surface area contributed by atoms with Crippen molar-refractivity contribution in [3.63, 3.8) is 0 Å². The van der Waals surface area contributed by atoms with Gasteiger partial charge in [-0.1, -0.05) is 20.3 Å². The molecule has 0 aliphatic carbocycles. The maximum atomic E-state index is 11.8. The number of nitrogens with zero attached hydrogens (tertiary/aromatic N) is 1. The molecular weight excluding hydrogens is 239 g/mol. The average Bonchev–Trinajstić information content (AvgIpc) is 2.73. The van der Waals surface area contributed by atoms with Crippen molar-refractivity contribution in [2.75, 3.05) is 12.0 Å². The van der Waals surface area contributed by atoms with Gasteiger partial charge >= 0.3 is 0 Å². The Labute approximate surface area is 105 Å². The molecule has 1 rings (SSSR count). The number of aromatic nitrogens is 1. The molecular formula is C12H17FN2OS. The summed E-state index contributed by atoms with van der Waals surface area (Å²) in [6.45, 7) is 3.67. The Bertz CT molecular complexity index is 390. The molecule has 0 spiro atoms. The van der Waals surface area contributed by atoms with E-state index in [0.717, 1.165) is 18.5 Å². The quantitative estimate of drug-likeness (QED) is 0.794. The summed E-state index contributed by atoms with van der Waals surface area (Å²) in [6, 6.07) is 0. The number of hydrogen-bond acceptors (Lipinski definition) is 3. The Morgan fingerprint density at radius 3 is 3.12 bits per heavy atom. The third kappa shape index (κ3) is 5.08. The van der Waals surface area contributed by atoms with E-state index in [9.17, 15) is 9.18 Å². The van der Waals surface area contributed by atoms with Gasteiger partial charge in [0.15, 0.2) is 5.13 Å². The highest BCUT2D eigenvalue weighted by Gasteiger charge is 2.07. The predicted octanol–water partition coefficient (Wildman–Crippen LogP) is 3.20. The van der Waals surface area contributed by atoms with Gasteiger partial charge in [0.05, 0.1) is 5.69 Å². The van der Waals surface area contributed by atoms with Crippen LogP contribution in [0.5, 0.6) is 0 Å². The van der Waals surface area contributed by atoms with Gasteiger partial charge in [-0.25, -0.2) is 9.37 Å². The third-order valence-electron chi connectivity index (χ3n) is 2.39. The van der Waals surface area contributed by atoms with Crippen molar-refractivity contribution in [3.8, 4) is 0 Å². The van der Waals surface area contributed by atoms with Crippen LogP contribution in [0, 0.1) is 5.92 Å². The molecule has 17 heavy (non-hydrogen) atoms. The molecule has 1 aromatic heterocycles.